The molecule has 0 amide bonds. The van der Waals surface area contributed by atoms with E-state index in [1.54, 1.807) is 0 Å². The zero-order valence-corrected chi connectivity index (χ0v) is 13.9. The predicted molar refractivity (Wildman–Crippen MR) is 72.5 cm³/mol. The molecule has 0 aromatic carbocycles. The van der Waals surface area contributed by atoms with Gasteiger partial charge in [0.15, 0.2) is 0 Å². The summed E-state index contributed by atoms with van der Waals surface area (Å²) < 4.78 is 7.66. The maximum Gasteiger partial charge on any atom is 0.145 e. The second-order valence-electron chi connectivity index (χ2n) is 3.85. The Morgan fingerprint density at radius 1 is 1.07 bits per heavy atom. The summed E-state index contributed by atoms with van der Waals surface area (Å²) in [6.45, 7) is 4.08. The number of fused-ring (bicyclic) bond motifs is 2. The lowest BCUT2D eigenvalue weighted by molar-refractivity contribution is -0.0524. The summed E-state index contributed by atoms with van der Waals surface area (Å²) >= 11 is 14.4. The van der Waals surface area contributed by atoms with E-state index in [1.807, 2.05) is 13.8 Å². The van der Waals surface area contributed by atoms with E-state index in [9.17, 15) is 0 Å². The smallest absolute Gasteiger partial charge is 0.145 e. The Balaban J connectivity index is 2.67. The molecular weight excluding hydrogens is 444 g/mol. The maximum atomic E-state index is 6.03. The number of hydrogen-bond donors (Lipinski definition) is 0. The highest BCUT2D eigenvalue weighted by molar-refractivity contribution is 9.26. The molecule has 0 aromatic rings. The Bertz CT molecular complexity index is 360. The third kappa shape index (κ3) is 1.32. The van der Waals surface area contributed by atoms with Crippen LogP contribution in [0.4, 0.5) is 0 Å². The highest BCUT2D eigenvalue weighted by Gasteiger charge is 2.58. The van der Waals surface area contributed by atoms with Gasteiger partial charge in [-0.05, 0) is 19.9 Å². The van der Waals surface area contributed by atoms with Crippen LogP contribution in [0, 0.1) is 0 Å². The summed E-state index contributed by atoms with van der Waals surface area (Å²) in [6.07, 6.45) is 4.15. The first kappa shape index (κ1) is 11.8. The van der Waals surface area contributed by atoms with Crippen molar-refractivity contribution in [2.75, 3.05) is 0 Å². The van der Waals surface area contributed by atoms with Gasteiger partial charge in [0.1, 0.15) is 14.4 Å². The predicted octanol–water partition coefficient (Wildman–Crippen LogP) is 4.59. The Morgan fingerprint density at radius 3 is 2.21 bits per heavy atom. The van der Waals surface area contributed by atoms with Gasteiger partial charge in [0, 0.05) is 8.96 Å². The maximum absolute atomic E-state index is 6.03. The van der Waals surface area contributed by atoms with Gasteiger partial charge in [-0.25, -0.2) is 0 Å². The zero-order valence-electron chi connectivity index (χ0n) is 7.57. The van der Waals surface area contributed by atoms with E-state index in [2.05, 4.69) is 75.9 Å². The van der Waals surface area contributed by atoms with Gasteiger partial charge in [0.2, 0.25) is 0 Å². The summed E-state index contributed by atoms with van der Waals surface area (Å²) in [5.74, 6) is 0. The van der Waals surface area contributed by atoms with Gasteiger partial charge in [0.25, 0.3) is 0 Å². The van der Waals surface area contributed by atoms with Crippen molar-refractivity contribution >= 4 is 63.7 Å². The molecule has 0 saturated carbocycles. The molecule has 2 aliphatic heterocycles. The summed E-state index contributed by atoms with van der Waals surface area (Å²) in [5.41, 5.74) is -0.726. The SMILES string of the molecule is C[C@]12C=C[C@](C)(O1)C(Br)(Br)C(Br)=C2Br. The molecule has 0 spiro atoms. The van der Waals surface area contributed by atoms with Crippen molar-refractivity contribution in [3.8, 4) is 0 Å². The second-order valence-corrected chi connectivity index (χ2v) is 8.88. The van der Waals surface area contributed by atoms with Crippen molar-refractivity contribution in [1.29, 1.82) is 0 Å². The topological polar surface area (TPSA) is 9.23 Å². The number of ether oxygens (including phenoxy) is 1. The molecule has 5 heteroatoms. The average molecular weight is 452 g/mol. The lowest BCUT2D eigenvalue weighted by Crippen LogP contribution is -2.50. The van der Waals surface area contributed by atoms with Crippen LogP contribution in [0.15, 0.2) is 21.1 Å². The van der Waals surface area contributed by atoms with Crippen LogP contribution in [0.25, 0.3) is 0 Å². The third-order valence-electron chi connectivity index (χ3n) is 2.67. The van der Waals surface area contributed by atoms with Gasteiger partial charge >= 0.3 is 0 Å². The fourth-order valence-electron chi connectivity index (χ4n) is 1.69. The van der Waals surface area contributed by atoms with Crippen molar-refractivity contribution in [2.24, 2.45) is 0 Å². The van der Waals surface area contributed by atoms with Crippen LogP contribution in [0.1, 0.15) is 13.8 Å². The van der Waals surface area contributed by atoms with Crippen LogP contribution in [0.3, 0.4) is 0 Å². The molecule has 14 heavy (non-hydrogen) atoms. The molecule has 78 valence electrons. The summed E-state index contributed by atoms with van der Waals surface area (Å²) in [5, 5.41) is 0. The number of hydrogen-bond acceptors (Lipinski definition) is 1. The van der Waals surface area contributed by atoms with Gasteiger partial charge < -0.3 is 4.74 Å². The Morgan fingerprint density at radius 2 is 1.64 bits per heavy atom. The van der Waals surface area contributed by atoms with Gasteiger partial charge in [-0.3, -0.25) is 0 Å². The first-order chi connectivity index (χ1) is 6.23. The minimum Gasteiger partial charge on any atom is -0.353 e. The highest BCUT2D eigenvalue weighted by Crippen LogP contribution is 2.60. The van der Waals surface area contributed by atoms with Crippen LogP contribution in [0.5, 0.6) is 0 Å². The van der Waals surface area contributed by atoms with E-state index >= 15 is 0 Å². The molecule has 0 N–H and O–H groups in total. The average Bonchev–Trinajstić information content (AvgIpc) is 2.40. The van der Waals surface area contributed by atoms with Crippen molar-refractivity contribution in [2.45, 2.75) is 28.3 Å². The molecule has 0 aromatic heterocycles. The molecule has 0 fully saturated rings. The minimum absolute atomic E-state index is 0.349. The van der Waals surface area contributed by atoms with Gasteiger partial charge in [-0.15, -0.1) is 0 Å². The Labute approximate surface area is 117 Å². The lowest BCUT2D eigenvalue weighted by atomic mass is 10.0. The number of rotatable bonds is 0. The zero-order chi connectivity index (χ0) is 10.8. The van der Waals surface area contributed by atoms with E-state index in [1.165, 1.54) is 0 Å². The molecule has 0 unspecified atom stereocenters. The summed E-state index contributed by atoms with van der Waals surface area (Å²) in [6, 6.07) is 0. The van der Waals surface area contributed by atoms with Gasteiger partial charge in [-0.1, -0.05) is 69.8 Å². The largest absolute Gasteiger partial charge is 0.353 e. The quantitative estimate of drug-likeness (QED) is 0.387. The van der Waals surface area contributed by atoms with Crippen LogP contribution in [0.2, 0.25) is 0 Å². The van der Waals surface area contributed by atoms with Gasteiger partial charge in [0.05, 0.1) is 0 Å². The van der Waals surface area contributed by atoms with Gasteiger partial charge in [-0.2, -0.15) is 0 Å². The monoisotopic (exact) mass is 448 g/mol. The van der Waals surface area contributed by atoms with E-state index in [4.69, 9.17) is 4.74 Å². The first-order valence-corrected chi connectivity index (χ1v) is 7.25. The fraction of sp³-hybridized carbons (Fsp3) is 0.556. The second kappa shape index (κ2) is 3.19. The van der Waals surface area contributed by atoms with Crippen molar-refractivity contribution in [3.05, 3.63) is 21.1 Å². The highest BCUT2D eigenvalue weighted by atomic mass is 79.9. The molecule has 2 atom stereocenters. The summed E-state index contributed by atoms with van der Waals surface area (Å²) in [4.78, 5) is 0. The molecule has 2 rings (SSSR count). The van der Waals surface area contributed by atoms with Crippen LogP contribution in [-0.2, 0) is 4.74 Å². The minimum atomic E-state index is -0.404. The molecule has 0 radical (unpaired) electrons. The van der Waals surface area contributed by atoms with E-state index in [0.29, 0.717) is 0 Å². The normalized spacial score (nSPS) is 44.7. The fourth-order valence-corrected chi connectivity index (χ4v) is 4.34. The van der Waals surface area contributed by atoms with Crippen LogP contribution >= 0.6 is 63.7 Å². The van der Waals surface area contributed by atoms with Crippen LogP contribution in [-0.4, -0.2) is 14.4 Å². The first-order valence-electron chi connectivity index (χ1n) is 4.07. The van der Waals surface area contributed by atoms with E-state index in [0.717, 1.165) is 8.96 Å². The lowest BCUT2D eigenvalue weighted by Gasteiger charge is -2.45. The molecule has 2 aliphatic rings. The Kier molecular flexibility index (Phi) is 2.69. The molecule has 0 aliphatic carbocycles. The van der Waals surface area contributed by atoms with Crippen molar-refractivity contribution < 1.29 is 4.74 Å². The van der Waals surface area contributed by atoms with Crippen molar-refractivity contribution in [3.63, 3.8) is 0 Å². The molecule has 2 heterocycles. The van der Waals surface area contributed by atoms with Crippen LogP contribution < -0.4 is 0 Å². The van der Waals surface area contributed by atoms with E-state index in [-0.39, 0.29) is 11.2 Å². The molecular formula is C9H8Br4O. The Hall–Kier alpha value is 1.36. The molecule has 1 nitrogen and oxygen atoms in total. The molecule has 2 bridgehead atoms. The standard InChI is InChI=1S/C9H8Br4O/c1-7-3-4-8(2,14-7)9(12,13)6(11)5(7)10/h3-4H,1-2H3/t7-,8+/m1/s1. The number of halogens is 4. The summed E-state index contributed by atoms with van der Waals surface area (Å²) in [7, 11) is 0. The van der Waals surface area contributed by atoms with Crippen molar-refractivity contribution in [1.82, 2.24) is 0 Å². The number of alkyl halides is 2. The molecule has 0 saturated heterocycles. The van der Waals surface area contributed by atoms with E-state index < -0.39 is 3.23 Å². The third-order valence-corrected chi connectivity index (χ3v) is 8.81.